The molecule has 0 aliphatic heterocycles. The number of anilines is 1. The van der Waals surface area contributed by atoms with Gasteiger partial charge >= 0.3 is 5.97 Å². The lowest BCUT2D eigenvalue weighted by Gasteiger charge is -2.06. The van der Waals surface area contributed by atoms with Crippen molar-refractivity contribution in [2.45, 2.75) is 18.7 Å². The Labute approximate surface area is 144 Å². The fourth-order valence-electron chi connectivity index (χ4n) is 1.92. The number of hydrogen-bond donors (Lipinski definition) is 4. The van der Waals surface area contributed by atoms with Crippen LogP contribution in [0.5, 0.6) is 5.75 Å². The molecule has 0 aliphatic rings. The molecule has 4 N–H and O–H groups in total. The smallest absolute Gasteiger partial charge is 0.339 e. The number of aromatic hydroxyl groups is 1. The number of para-hydroxylation sites is 1. The molecule has 0 heterocycles. The van der Waals surface area contributed by atoms with Crippen molar-refractivity contribution in [1.82, 2.24) is 0 Å². The molecule has 8 nitrogen and oxygen atoms in total. The summed E-state index contributed by atoms with van der Waals surface area (Å²) in [4.78, 5) is 20.9. The van der Waals surface area contributed by atoms with E-state index in [9.17, 15) is 18.0 Å². The topological polar surface area (TPSA) is 141 Å². The lowest BCUT2D eigenvalue weighted by Crippen LogP contribution is -2.10. The first-order valence-electron chi connectivity index (χ1n) is 6.90. The fourth-order valence-corrected chi connectivity index (χ4v) is 2.56. The van der Waals surface area contributed by atoms with E-state index in [1.165, 1.54) is 31.2 Å². The van der Waals surface area contributed by atoms with E-state index in [0.29, 0.717) is 5.56 Å². The number of phenols is 1. The Morgan fingerprint density at radius 1 is 1.04 bits per heavy atom. The van der Waals surface area contributed by atoms with E-state index in [2.05, 4.69) is 5.32 Å². The van der Waals surface area contributed by atoms with Crippen LogP contribution in [-0.2, 0) is 14.9 Å². The molecule has 2 aromatic carbocycles. The summed E-state index contributed by atoms with van der Waals surface area (Å²) in [7, 11) is -4.29. The molecule has 1 amide bonds. The first kappa shape index (κ1) is 20.1. The SMILES string of the molecule is CC(=O)Nc1ccccc1S(=O)(=O)O.Cc1cccc(O)c1C(=O)O. The van der Waals surface area contributed by atoms with Gasteiger partial charge in [-0.25, -0.2) is 4.79 Å². The molecule has 0 unspecified atom stereocenters. The highest BCUT2D eigenvalue weighted by Crippen LogP contribution is 2.20. The first-order valence-corrected chi connectivity index (χ1v) is 8.34. The fraction of sp³-hybridized carbons (Fsp3) is 0.125. The highest BCUT2D eigenvalue weighted by molar-refractivity contribution is 7.86. The van der Waals surface area contributed by atoms with Gasteiger partial charge in [-0.3, -0.25) is 9.35 Å². The summed E-state index contributed by atoms with van der Waals surface area (Å²) >= 11 is 0. The van der Waals surface area contributed by atoms with Crippen molar-refractivity contribution in [3.05, 3.63) is 53.6 Å². The molecule has 0 atom stereocenters. The van der Waals surface area contributed by atoms with Gasteiger partial charge in [-0.05, 0) is 30.7 Å². The Bertz CT molecular complexity index is 871. The van der Waals surface area contributed by atoms with E-state index >= 15 is 0 Å². The Morgan fingerprint density at radius 2 is 1.64 bits per heavy atom. The number of rotatable bonds is 3. The minimum absolute atomic E-state index is 0.0208. The molecular weight excluding hydrogens is 350 g/mol. The molecule has 0 saturated carbocycles. The average molecular weight is 367 g/mol. The zero-order valence-corrected chi connectivity index (χ0v) is 14.2. The Kier molecular flexibility index (Phi) is 6.66. The minimum Gasteiger partial charge on any atom is -0.507 e. The van der Waals surface area contributed by atoms with Crippen molar-refractivity contribution in [1.29, 1.82) is 0 Å². The molecule has 0 radical (unpaired) electrons. The molecule has 2 aromatic rings. The minimum atomic E-state index is -4.29. The highest BCUT2D eigenvalue weighted by Gasteiger charge is 2.14. The molecule has 0 fully saturated rings. The summed E-state index contributed by atoms with van der Waals surface area (Å²) in [6, 6.07) is 10.2. The summed E-state index contributed by atoms with van der Waals surface area (Å²) in [5.74, 6) is -1.68. The number of hydrogen-bond acceptors (Lipinski definition) is 5. The summed E-state index contributed by atoms with van der Waals surface area (Å²) in [5, 5.41) is 20.0. The van der Waals surface area contributed by atoms with E-state index in [1.807, 2.05) is 0 Å². The van der Waals surface area contributed by atoms with Gasteiger partial charge in [-0.15, -0.1) is 0 Å². The standard InChI is InChI=1S/C8H9NO4S.C8H8O3/c1-6(10)9-7-4-2-3-5-8(7)14(11,12)13;1-5-3-2-4-6(9)7(5)8(10)11/h2-5H,1H3,(H,9,10)(H,11,12,13);2-4,9H,1H3,(H,10,11). The monoisotopic (exact) mass is 367 g/mol. The molecule has 25 heavy (non-hydrogen) atoms. The normalized spacial score (nSPS) is 10.4. The summed E-state index contributed by atoms with van der Waals surface area (Å²) in [5.41, 5.74) is 0.618. The van der Waals surface area contributed by atoms with E-state index in [0.717, 1.165) is 0 Å². The summed E-state index contributed by atoms with van der Waals surface area (Å²) in [6.45, 7) is 2.89. The van der Waals surface area contributed by atoms with Crippen molar-refractivity contribution in [3.8, 4) is 5.75 Å². The van der Waals surface area contributed by atoms with Crippen molar-refractivity contribution >= 4 is 27.7 Å². The quantitative estimate of drug-likeness (QED) is 0.610. The maximum absolute atomic E-state index is 10.8. The Balaban J connectivity index is 0.000000257. The first-order chi connectivity index (χ1) is 11.5. The molecule has 134 valence electrons. The van der Waals surface area contributed by atoms with Gasteiger partial charge in [0.25, 0.3) is 10.1 Å². The van der Waals surface area contributed by atoms with E-state index in [4.69, 9.17) is 14.8 Å². The van der Waals surface area contributed by atoms with Crippen LogP contribution in [0.2, 0.25) is 0 Å². The summed E-state index contributed by atoms with van der Waals surface area (Å²) < 4.78 is 30.5. The number of benzene rings is 2. The molecule has 0 bridgehead atoms. The van der Waals surface area contributed by atoms with Gasteiger partial charge in [0, 0.05) is 6.92 Å². The van der Waals surface area contributed by atoms with Crippen LogP contribution in [0.3, 0.4) is 0 Å². The number of aromatic carboxylic acids is 1. The van der Waals surface area contributed by atoms with Crippen LogP contribution in [0.4, 0.5) is 5.69 Å². The molecule has 0 aromatic heterocycles. The number of carbonyl (C=O) groups excluding carboxylic acids is 1. The van der Waals surface area contributed by atoms with Gasteiger partial charge < -0.3 is 15.5 Å². The van der Waals surface area contributed by atoms with Crippen LogP contribution >= 0.6 is 0 Å². The third-order valence-electron chi connectivity index (χ3n) is 2.94. The van der Waals surface area contributed by atoms with Crippen molar-refractivity contribution < 1.29 is 32.8 Å². The van der Waals surface area contributed by atoms with Gasteiger partial charge in [0.1, 0.15) is 16.2 Å². The number of nitrogens with one attached hydrogen (secondary N) is 1. The second-order valence-corrected chi connectivity index (χ2v) is 6.32. The third-order valence-corrected chi connectivity index (χ3v) is 3.85. The maximum Gasteiger partial charge on any atom is 0.339 e. The van der Waals surface area contributed by atoms with Gasteiger partial charge in [0.15, 0.2) is 0 Å². The molecule has 2 rings (SSSR count). The van der Waals surface area contributed by atoms with E-state index < -0.39 is 22.0 Å². The number of aryl methyl sites for hydroxylation is 1. The predicted octanol–water partition coefficient (Wildman–Crippen LogP) is 2.29. The van der Waals surface area contributed by atoms with Gasteiger partial charge in [-0.1, -0.05) is 24.3 Å². The number of carboxylic acids is 1. The van der Waals surface area contributed by atoms with Crippen LogP contribution in [-0.4, -0.2) is 35.1 Å². The molecule has 0 aliphatic carbocycles. The van der Waals surface area contributed by atoms with Crippen molar-refractivity contribution in [2.75, 3.05) is 5.32 Å². The van der Waals surface area contributed by atoms with Gasteiger partial charge in [0.05, 0.1) is 5.69 Å². The lowest BCUT2D eigenvalue weighted by atomic mass is 10.1. The predicted molar refractivity (Wildman–Crippen MR) is 90.4 cm³/mol. The number of carboxylic acid groups (broad SMARTS) is 1. The zero-order chi connectivity index (χ0) is 19.2. The van der Waals surface area contributed by atoms with Crippen LogP contribution in [0.15, 0.2) is 47.4 Å². The second kappa shape index (κ2) is 8.27. The van der Waals surface area contributed by atoms with Crippen molar-refractivity contribution in [3.63, 3.8) is 0 Å². The van der Waals surface area contributed by atoms with Crippen LogP contribution in [0, 0.1) is 6.92 Å². The molecule has 9 heteroatoms. The molecule has 0 saturated heterocycles. The van der Waals surface area contributed by atoms with Crippen LogP contribution in [0.1, 0.15) is 22.8 Å². The second-order valence-electron chi connectivity index (χ2n) is 4.93. The Morgan fingerprint density at radius 3 is 2.08 bits per heavy atom. The largest absolute Gasteiger partial charge is 0.507 e. The van der Waals surface area contributed by atoms with Gasteiger partial charge in [-0.2, -0.15) is 8.42 Å². The summed E-state index contributed by atoms with van der Waals surface area (Å²) in [6.07, 6.45) is 0. The Hall–Kier alpha value is -2.91. The molecular formula is C16H17NO7S. The van der Waals surface area contributed by atoms with Crippen LogP contribution in [0.25, 0.3) is 0 Å². The lowest BCUT2D eigenvalue weighted by molar-refractivity contribution is -0.114. The highest BCUT2D eigenvalue weighted by atomic mass is 32.2. The van der Waals surface area contributed by atoms with Crippen molar-refractivity contribution in [2.24, 2.45) is 0 Å². The van der Waals surface area contributed by atoms with E-state index in [1.54, 1.807) is 25.1 Å². The third kappa shape index (κ3) is 5.90. The zero-order valence-electron chi connectivity index (χ0n) is 13.4. The molecule has 0 spiro atoms. The number of carbonyl (C=O) groups is 2. The average Bonchev–Trinajstić information content (AvgIpc) is 2.46. The maximum atomic E-state index is 10.8. The van der Waals surface area contributed by atoms with E-state index in [-0.39, 0.29) is 21.9 Å². The van der Waals surface area contributed by atoms with Gasteiger partial charge in [0.2, 0.25) is 5.91 Å². The number of amides is 1. The van der Waals surface area contributed by atoms with Crippen LogP contribution < -0.4 is 5.32 Å².